The molecule has 0 spiro atoms. The lowest BCUT2D eigenvalue weighted by molar-refractivity contribution is 0.0983. The van der Waals surface area contributed by atoms with Crippen LogP contribution in [0.5, 0.6) is 0 Å². The summed E-state index contributed by atoms with van der Waals surface area (Å²) < 4.78 is 0. The van der Waals surface area contributed by atoms with Gasteiger partial charge in [-0.2, -0.15) is 0 Å². The molecule has 0 atom stereocenters. The number of nitrogens with one attached hydrogen (secondary N) is 1. The maximum absolute atomic E-state index is 11.8. The van der Waals surface area contributed by atoms with E-state index in [-0.39, 0.29) is 5.91 Å². The molecule has 1 aromatic carbocycles. The van der Waals surface area contributed by atoms with Gasteiger partial charge in [0.15, 0.2) is 0 Å². The van der Waals surface area contributed by atoms with Crippen LogP contribution in [0.2, 0.25) is 0 Å². The van der Waals surface area contributed by atoms with E-state index in [9.17, 15) is 4.79 Å². The molecule has 1 aromatic rings. The predicted octanol–water partition coefficient (Wildman–Crippen LogP) is 2.67. The normalized spacial score (nSPS) is 18.4. The molecule has 2 aliphatic rings. The van der Waals surface area contributed by atoms with Crippen LogP contribution in [0.3, 0.4) is 0 Å². The number of hydrogen-bond acceptors (Lipinski definition) is 2. The fourth-order valence-corrected chi connectivity index (χ4v) is 2.66. The molecule has 1 aliphatic carbocycles. The standard InChI is InChI=1S/C13H11NOS/c15-12-11-9(8-4-1-2-5-8)6-3-7-10(11)13(16)14-12/h3-4,6-7H,1-2,5H2,(H,14,15,16). The second-order valence-corrected chi connectivity index (χ2v) is 4.54. The number of fused-ring (bicyclic) bond motifs is 1. The summed E-state index contributed by atoms with van der Waals surface area (Å²) in [6.45, 7) is 0. The van der Waals surface area contributed by atoms with Crippen LogP contribution < -0.4 is 5.32 Å². The summed E-state index contributed by atoms with van der Waals surface area (Å²) in [5.41, 5.74) is 4.00. The number of hydrogen-bond donors (Lipinski definition) is 1. The minimum absolute atomic E-state index is 0.0524. The molecule has 1 aliphatic heterocycles. The van der Waals surface area contributed by atoms with E-state index in [2.05, 4.69) is 11.4 Å². The average molecular weight is 229 g/mol. The quantitative estimate of drug-likeness (QED) is 0.750. The van der Waals surface area contributed by atoms with E-state index in [1.807, 2.05) is 18.2 Å². The molecule has 0 saturated carbocycles. The maximum Gasteiger partial charge on any atom is 0.257 e. The first kappa shape index (κ1) is 9.73. The Morgan fingerprint density at radius 1 is 1.25 bits per heavy atom. The van der Waals surface area contributed by atoms with Crippen molar-refractivity contribution in [2.45, 2.75) is 19.3 Å². The number of amides is 1. The van der Waals surface area contributed by atoms with Crippen molar-refractivity contribution in [3.05, 3.63) is 41.0 Å². The van der Waals surface area contributed by atoms with Crippen LogP contribution in [0.4, 0.5) is 0 Å². The number of thiocarbonyl (C=S) groups is 1. The third kappa shape index (κ3) is 1.32. The Morgan fingerprint density at radius 2 is 2.06 bits per heavy atom. The van der Waals surface area contributed by atoms with Crippen LogP contribution in [0.25, 0.3) is 5.57 Å². The third-order valence-electron chi connectivity index (χ3n) is 3.15. The van der Waals surface area contributed by atoms with Gasteiger partial charge in [-0.1, -0.05) is 36.5 Å². The Bertz CT molecular complexity index is 531. The van der Waals surface area contributed by atoms with Gasteiger partial charge >= 0.3 is 0 Å². The fraction of sp³-hybridized carbons (Fsp3) is 0.231. The molecule has 3 rings (SSSR count). The number of carbonyl (C=O) groups excluding carboxylic acids is 1. The average Bonchev–Trinajstić information content (AvgIpc) is 2.88. The zero-order valence-electron chi connectivity index (χ0n) is 8.75. The van der Waals surface area contributed by atoms with Crippen LogP contribution >= 0.6 is 12.2 Å². The molecule has 1 N–H and O–H groups in total. The van der Waals surface area contributed by atoms with Crippen molar-refractivity contribution in [3.8, 4) is 0 Å². The largest absolute Gasteiger partial charge is 0.312 e. The molecule has 0 unspecified atom stereocenters. The molecule has 0 fully saturated rings. The van der Waals surface area contributed by atoms with Gasteiger partial charge in [0.25, 0.3) is 5.91 Å². The molecule has 1 heterocycles. The molecular formula is C13H11NOS. The van der Waals surface area contributed by atoms with Crippen molar-refractivity contribution < 1.29 is 4.79 Å². The van der Waals surface area contributed by atoms with Crippen LogP contribution in [0.15, 0.2) is 24.3 Å². The van der Waals surface area contributed by atoms with E-state index in [1.165, 1.54) is 12.0 Å². The highest BCUT2D eigenvalue weighted by atomic mass is 32.1. The summed E-state index contributed by atoms with van der Waals surface area (Å²) in [5.74, 6) is -0.0524. The van der Waals surface area contributed by atoms with Crippen LogP contribution in [0, 0.1) is 0 Å². The molecule has 1 amide bonds. The summed E-state index contributed by atoms with van der Waals surface area (Å²) >= 11 is 5.13. The third-order valence-corrected chi connectivity index (χ3v) is 3.47. The second kappa shape index (κ2) is 3.52. The van der Waals surface area contributed by atoms with Crippen molar-refractivity contribution in [1.82, 2.24) is 5.32 Å². The highest BCUT2D eigenvalue weighted by molar-refractivity contribution is 7.80. The zero-order valence-corrected chi connectivity index (χ0v) is 9.56. The maximum atomic E-state index is 11.8. The van der Waals surface area contributed by atoms with Crippen molar-refractivity contribution in [2.24, 2.45) is 0 Å². The summed E-state index contributed by atoms with van der Waals surface area (Å²) in [7, 11) is 0. The number of rotatable bonds is 1. The van der Waals surface area contributed by atoms with E-state index in [0.29, 0.717) is 4.99 Å². The topological polar surface area (TPSA) is 29.1 Å². The Hall–Kier alpha value is -1.48. The van der Waals surface area contributed by atoms with Crippen molar-refractivity contribution >= 4 is 28.7 Å². The number of allylic oxidation sites excluding steroid dienone is 2. The van der Waals surface area contributed by atoms with Gasteiger partial charge in [0, 0.05) is 5.56 Å². The van der Waals surface area contributed by atoms with Gasteiger partial charge in [0.1, 0.15) is 4.99 Å². The Kier molecular flexibility index (Phi) is 2.14. The molecular weight excluding hydrogens is 218 g/mol. The minimum Gasteiger partial charge on any atom is -0.312 e. The predicted molar refractivity (Wildman–Crippen MR) is 67.4 cm³/mol. The Morgan fingerprint density at radius 3 is 2.81 bits per heavy atom. The zero-order chi connectivity index (χ0) is 11.1. The van der Waals surface area contributed by atoms with E-state index >= 15 is 0 Å². The Labute approximate surface area is 99.4 Å². The van der Waals surface area contributed by atoms with Crippen LogP contribution in [-0.4, -0.2) is 10.9 Å². The smallest absolute Gasteiger partial charge is 0.257 e. The molecule has 16 heavy (non-hydrogen) atoms. The van der Waals surface area contributed by atoms with Gasteiger partial charge in [-0.15, -0.1) is 0 Å². The van der Waals surface area contributed by atoms with E-state index in [4.69, 9.17) is 12.2 Å². The molecule has 0 saturated heterocycles. The minimum atomic E-state index is -0.0524. The van der Waals surface area contributed by atoms with Gasteiger partial charge in [0.05, 0.1) is 5.56 Å². The molecule has 0 radical (unpaired) electrons. The summed E-state index contributed by atoms with van der Waals surface area (Å²) in [6, 6.07) is 5.90. The lowest BCUT2D eigenvalue weighted by Gasteiger charge is -2.06. The summed E-state index contributed by atoms with van der Waals surface area (Å²) in [6.07, 6.45) is 5.59. The van der Waals surface area contributed by atoms with E-state index < -0.39 is 0 Å². The van der Waals surface area contributed by atoms with Gasteiger partial charge in [-0.3, -0.25) is 4.79 Å². The first-order valence-electron chi connectivity index (χ1n) is 5.45. The van der Waals surface area contributed by atoms with Crippen LogP contribution in [-0.2, 0) is 0 Å². The first-order chi connectivity index (χ1) is 7.77. The molecule has 3 heteroatoms. The van der Waals surface area contributed by atoms with Gasteiger partial charge in [-0.05, 0) is 30.4 Å². The molecule has 2 nitrogen and oxygen atoms in total. The number of benzene rings is 1. The van der Waals surface area contributed by atoms with Gasteiger partial charge in [-0.25, -0.2) is 0 Å². The fourth-order valence-electron chi connectivity index (χ4n) is 2.40. The Balaban J connectivity index is 2.21. The van der Waals surface area contributed by atoms with Crippen molar-refractivity contribution in [1.29, 1.82) is 0 Å². The van der Waals surface area contributed by atoms with Gasteiger partial charge in [0.2, 0.25) is 0 Å². The lowest BCUT2D eigenvalue weighted by atomic mass is 9.96. The number of carbonyl (C=O) groups is 1. The van der Waals surface area contributed by atoms with Crippen LogP contribution in [0.1, 0.15) is 40.7 Å². The molecule has 0 bridgehead atoms. The molecule has 0 aromatic heterocycles. The summed E-state index contributed by atoms with van der Waals surface area (Å²) in [4.78, 5) is 12.4. The second-order valence-electron chi connectivity index (χ2n) is 4.13. The summed E-state index contributed by atoms with van der Waals surface area (Å²) in [5, 5.41) is 2.71. The molecule has 80 valence electrons. The van der Waals surface area contributed by atoms with Crippen molar-refractivity contribution in [2.75, 3.05) is 0 Å². The SMILES string of the molecule is O=C1NC(=S)c2cccc(C3=CCCC3)c21. The van der Waals surface area contributed by atoms with E-state index in [1.54, 1.807) is 0 Å². The first-order valence-corrected chi connectivity index (χ1v) is 5.86. The highest BCUT2D eigenvalue weighted by Gasteiger charge is 2.27. The highest BCUT2D eigenvalue weighted by Crippen LogP contribution is 2.32. The van der Waals surface area contributed by atoms with Crippen molar-refractivity contribution in [3.63, 3.8) is 0 Å². The monoisotopic (exact) mass is 229 g/mol. The van der Waals surface area contributed by atoms with E-state index in [0.717, 1.165) is 29.5 Å². The van der Waals surface area contributed by atoms with Gasteiger partial charge < -0.3 is 5.32 Å². The lowest BCUT2D eigenvalue weighted by Crippen LogP contribution is -2.19.